The molecule has 10 nitrogen and oxygen atoms in total. The van der Waals surface area contributed by atoms with Gasteiger partial charge in [0.1, 0.15) is 23.7 Å². The Labute approximate surface area is 261 Å². The van der Waals surface area contributed by atoms with E-state index in [0.29, 0.717) is 11.9 Å². The lowest BCUT2D eigenvalue weighted by Crippen LogP contribution is -2.58. The largest absolute Gasteiger partial charge is 0.458 e. The highest BCUT2D eigenvalue weighted by molar-refractivity contribution is 7.91. The van der Waals surface area contributed by atoms with Crippen LogP contribution in [0.1, 0.15) is 75.2 Å². The van der Waals surface area contributed by atoms with Crippen molar-refractivity contribution in [1.29, 1.82) is 0 Å². The molecule has 0 fully saturated rings. The van der Waals surface area contributed by atoms with Gasteiger partial charge in [-0.3, -0.25) is 9.59 Å². The van der Waals surface area contributed by atoms with E-state index < -0.39 is 51.5 Å². The van der Waals surface area contributed by atoms with Crippen LogP contribution in [0, 0.1) is 17.8 Å². The summed E-state index contributed by atoms with van der Waals surface area (Å²) in [5.74, 6) is -1.65. The first-order chi connectivity index (χ1) is 19.7. The second-order valence-corrected chi connectivity index (χ2v) is 16.6. The Morgan fingerprint density at radius 3 is 1.86 bits per heavy atom. The van der Waals surface area contributed by atoms with Gasteiger partial charge in [-0.1, -0.05) is 53.7 Å². The summed E-state index contributed by atoms with van der Waals surface area (Å²) in [4.78, 5) is 48.4. The zero-order valence-electron chi connectivity index (χ0n) is 27.7. The SMILES string of the molecule is CC(C)C[C@H](C(=O)N(C)[C@@H](CC(C)C)C(=O)N(C)[C@H](C(=O)OC(C)(C)C)C(C)C)N(C)S(=O)(=O)c1nc2ccccc2s1. The second-order valence-electron chi connectivity index (χ2n) is 13.4. The van der Waals surface area contributed by atoms with Crippen molar-refractivity contribution >= 4 is 49.4 Å². The lowest BCUT2D eigenvalue weighted by molar-refractivity contribution is -0.167. The summed E-state index contributed by atoms with van der Waals surface area (Å²) >= 11 is 1.05. The molecule has 0 saturated carbocycles. The van der Waals surface area contributed by atoms with Crippen molar-refractivity contribution in [2.24, 2.45) is 17.8 Å². The zero-order chi connectivity index (χ0) is 33.0. The van der Waals surface area contributed by atoms with Gasteiger partial charge in [0.25, 0.3) is 10.0 Å². The summed E-state index contributed by atoms with van der Waals surface area (Å²) in [5.41, 5.74) is -0.166. The molecule has 3 atom stereocenters. The number of para-hydroxylation sites is 1. The number of nitrogens with zero attached hydrogens (tertiary/aromatic N) is 4. The van der Waals surface area contributed by atoms with Crippen LogP contribution in [-0.2, 0) is 29.1 Å². The maximum atomic E-state index is 14.2. The van der Waals surface area contributed by atoms with E-state index in [1.54, 1.807) is 46.0 Å². The van der Waals surface area contributed by atoms with E-state index >= 15 is 0 Å². The Hall–Kier alpha value is -2.57. The molecule has 0 aliphatic rings. The van der Waals surface area contributed by atoms with E-state index in [-0.39, 0.29) is 28.5 Å². The third-order valence-corrected chi connectivity index (χ3v) is 10.4. The normalized spacial score (nSPS) is 14.8. The highest BCUT2D eigenvalue weighted by Gasteiger charge is 2.42. The number of sulfonamides is 1. The molecule has 242 valence electrons. The van der Waals surface area contributed by atoms with Crippen LogP contribution in [0.15, 0.2) is 28.6 Å². The van der Waals surface area contributed by atoms with Crippen LogP contribution < -0.4 is 0 Å². The van der Waals surface area contributed by atoms with Crippen molar-refractivity contribution in [3.05, 3.63) is 24.3 Å². The first-order valence-electron chi connectivity index (χ1n) is 14.8. The smallest absolute Gasteiger partial charge is 0.329 e. The second kappa shape index (κ2) is 14.5. The fourth-order valence-electron chi connectivity index (χ4n) is 4.97. The molecule has 0 bridgehead atoms. The molecule has 2 rings (SSSR count). The van der Waals surface area contributed by atoms with Crippen LogP contribution in [0.3, 0.4) is 0 Å². The minimum atomic E-state index is -4.13. The van der Waals surface area contributed by atoms with Crippen LogP contribution in [-0.4, -0.2) is 90.2 Å². The number of benzene rings is 1. The molecular formula is C31H50N4O6S2. The average molecular weight is 639 g/mol. The van der Waals surface area contributed by atoms with E-state index in [2.05, 4.69) is 4.98 Å². The molecule has 0 aliphatic carbocycles. The molecule has 1 aromatic heterocycles. The van der Waals surface area contributed by atoms with E-state index in [4.69, 9.17) is 4.74 Å². The fourth-order valence-corrected chi connectivity index (χ4v) is 7.69. The molecular weight excluding hydrogens is 588 g/mol. The van der Waals surface area contributed by atoms with Gasteiger partial charge in [-0.25, -0.2) is 18.2 Å². The molecule has 1 heterocycles. The maximum Gasteiger partial charge on any atom is 0.329 e. The molecule has 12 heteroatoms. The predicted octanol–water partition coefficient (Wildman–Crippen LogP) is 5.03. The number of aromatic nitrogens is 1. The van der Waals surface area contributed by atoms with Crippen molar-refractivity contribution < 1.29 is 27.5 Å². The summed E-state index contributed by atoms with van der Waals surface area (Å²) in [6.45, 7) is 16.7. The zero-order valence-corrected chi connectivity index (χ0v) is 29.4. The molecule has 43 heavy (non-hydrogen) atoms. The number of likely N-dealkylation sites (N-methyl/N-ethyl adjacent to an activating group) is 3. The van der Waals surface area contributed by atoms with Crippen LogP contribution in [0.2, 0.25) is 0 Å². The molecule has 0 aliphatic heterocycles. The van der Waals surface area contributed by atoms with Crippen molar-refractivity contribution in [3.8, 4) is 0 Å². The van der Waals surface area contributed by atoms with Crippen molar-refractivity contribution in [2.45, 2.75) is 103 Å². The quantitative estimate of drug-likeness (QED) is 0.283. The highest BCUT2D eigenvalue weighted by Crippen LogP contribution is 2.30. The summed E-state index contributed by atoms with van der Waals surface area (Å²) < 4.78 is 34.9. The number of fused-ring (bicyclic) bond motifs is 1. The molecule has 0 N–H and O–H groups in total. The number of ether oxygens (including phenoxy) is 1. The van der Waals surface area contributed by atoms with Crippen molar-refractivity contribution in [2.75, 3.05) is 21.1 Å². The number of thiazole rings is 1. The number of amides is 2. The van der Waals surface area contributed by atoms with Gasteiger partial charge >= 0.3 is 5.97 Å². The summed E-state index contributed by atoms with van der Waals surface area (Å²) in [6, 6.07) is 4.30. The Bertz CT molecular complexity index is 1350. The van der Waals surface area contributed by atoms with E-state index in [1.165, 1.54) is 23.9 Å². The van der Waals surface area contributed by atoms with Gasteiger partial charge in [0, 0.05) is 21.1 Å². The van der Waals surface area contributed by atoms with E-state index in [1.807, 2.05) is 47.6 Å². The van der Waals surface area contributed by atoms with Gasteiger partial charge < -0.3 is 14.5 Å². The Balaban J connectivity index is 2.47. The molecule has 0 saturated heterocycles. The predicted molar refractivity (Wildman–Crippen MR) is 171 cm³/mol. The van der Waals surface area contributed by atoms with Gasteiger partial charge in [0.05, 0.1) is 10.2 Å². The number of esters is 1. The number of hydrogen-bond donors (Lipinski definition) is 0. The first kappa shape index (κ1) is 36.6. The third kappa shape index (κ3) is 9.21. The van der Waals surface area contributed by atoms with E-state index in [9.17, 15) is 22.8 Å². The molecule has 2 aromatic rings. The highest BCUT2D eigenvalue weighted by atomic mass is 32.2. The van der Waals surface area contributed by atoms with Gasteiger partial charge in [-0.05, 0) is 63.5 Å². The summed E-state index contributed by atoms with van der Waals surface area (Å²) in [6.07, 6.45) is 0.571. The summed E-state index contributed by atoms with van der Waals surface area (Å²) in [7, 11) is 0.351. The number of rotatable bonds is 13. The summed E-state index contributed by atoms with van der Waals surface area (Å²) in [5, 5.41) is 0. The standard InChI is InChI=1S/C31H50N4O6S2/c1-19(2)17-23(27(36)34(11)26(21(5)6)29(38)41-31(7,8)9)33(10)28(37)24(18-20(3)4)35(12)43(39,40)30-32-22-15-13-14-16-25(22)42-30/h13-16,19-21,23-24,26H,17-18H2,1-12H3/t23-,24+,26-/m0/s1. The molecule has 2 amide bonds. The Morgan fingerprint density at radius 2 is 1.37 bits per heavy atom. The minimum absolute atomic E-state index is 0.0187. The van der Waals surface area contributed by atoms with Gasteiger partial charge in [-0.2, -0.15) is 4.31 Å². The maximum absolute atomic E-state index is 14.2. The van der Waals surface area contributed by atoms with Crippen molar-refractivity contribution in [1.82, 2.24) is 19.1 Å². The van der Waals surface area contributed by atoms with Crippen LogP contribution >= 0.6 is 11.3 Å². The number of carbonyl (C=O) groups is 3. The molecule has 0 spiro atoms. The van der Waals surface area contributed by atoms with Crippen molar-refractivity contribution in [3.63, 3.8) is 0 Å². The fraction of sp³-hybridized carbons (Fsp3) is 0.677. The minimum Gasteiger partial charge on any atom is -0.458 e. The average Bonchev–Trinajstić information content (AvgIpc) is 3.32. The van der Waals surface area contributed by atoms with Gasteiger partial charge in [0.15, 0.2) is 0 Å². The monoisotopic (exact) mass is 638 g/mol. The van der Waals surface area contributed by atoms with Crippen LogP contribution in [0.25, 0.3) is 10.2 Å². The van der Waals surface area contributed by atoms with Crippen LogP contribution in [0.5, 0.6) is 0 Å². The van der Waals surface area contributed by atoms with Gasteiger partial charge in [-0.15, -0.1) is 11.3 Å². The molecule has 0 unspecified atom stereocenters. The molecule has 0 radical (unpaired) electrons. The van der Waals surface area contributed by atoms with Gasteiger partial charge in [0.2, 0.25) is 16.2 Å². The number of hydrogen-bond acceptors (Lipinski definition) is 8. The lowest BCUT2D eigenvalue weighted by atomic mass is 9.96. The first-order valence-corrected chi connectivity index (χ1v) is 17.0. The Morgan fingerprint density at radius 1 is 0.860 bits per heavy atom. The third-order valence-electron chi connectivity index (χ3n) is 7.13. The Kier molecular flexibility index (Phi) is 12.3. The topological polar surface area (TPSA) is 117 Å². The van der Waals surface area contributed by atoms with Crippen LogP contribution in [0.4, 0.5) is 0 Å². The lowest BCUT2D eigenvalue weighted by Gasteiger charge is -2.39. The number of carbonyl (C=O) groups excluding carboxylic acids is 3. The molecule has 1 aromatic carbocycles. The van der Waals surface area contributed by atoms with E-state index in [0.717, 1.165) is 20.3 Å².